The zero-order chi connectivity index (χ0) is 15.0. The van der Waals surface area contributed by atoms with Crippen LogP contribution in [0.1, 0.15) is 22.7 Å². The summed E-state index contributed by atoms with van der Waals surface area (Å²) in [5.41, 5.74) is 9.50. The van der Waals surface area contributed by atoms with E-state index in [0.717, 1.165) is 34.4 Å². The molecule has 1 atom stereocenters. The predicted octanol–water partition coefficient (Wildman–Crippen LogP) is 4.09. The van der Waals surface area contributed by atoms with Crippen LogP contribution in [0, 0.1) is 0 Å². The van der Waals surface area contributed by atoms with Gasteiger partial charge in [-0.05, 0) is 45.3 Å². The van der Waals surface area contributed by atoms with Crippen molar-refractivity contribution in [2.45, 2.75) is 12.5 Å². The van der Waals surface area contributed by atoms with Crippen molar-refractivity contribution in [3.8, 4) is 11.5 Å². The molecule has 110 valence electrons. The first kappa shape index (κ1) is 14.7. The predicted molar refractivity (Wildman–Crippen MR) is 87.4 cm³/mol. The molecule has 0 saturated carbocycles. The molecule has 3 nitrogen and oxygen atoms in total. The van der Waals surface area contributed by atoms with E-state index in [4.69, 9.17) is 26.8 Å². The number of halogens is 2. The van der Waals surface area contributed by atoms with Gasteiger partial charge in [0.05, 0.1) is 24.2 Å². The summed E-state index contributed by atoms with van der Waals surface area (Å²) in [6, 6.07) is 9.40. The fourth-order valence-electron chi connectivity index (χ4n) is 2.61. The third-order valence-corrected chi connectivity index (χ3v) is 4.46. The van der Waals surface area contributed by atoms with Crippen molar-refractivity contribution in [2.75, 3.05) is 13.7 Å². The molecule has 5 heteroatoms. The van der Waals surface area contributed by atoms with Gasteiger partial charge in [0.1, 0.15) is 11.5 Å². The monoisotopic (exact) mass is 367 g/mol. The minimum atomic E-state index is -0.305. The minimum absolute atomic E-state index is 0.305. The highest BCUT2D eigenvalue weighted by atomic mass is 79.9. The first-order valence-corrected chi connectivity index (χ1v) is 7.81. The molecule has 0 radical (unpaired) electrons. The number of methoxy groups -OCH3 is 1. The summed E-state index contributed by atoms with van der Waals surface area (Å²) >= 11 is 9.61. The van der Waals surface area contributed by atoms with E-state index in [1.165, 1.54) is 5.56 Å². The van der Waals surface area contributed by atoms with Crippen LogP contribution in [0.3, 0.4) is 0 Å². The highest BCUT2D eigenvalue weighted by Crippen LogP contribution is 2.38. The molecule has 2 N–H and O–H groups in total. The van der Waals surface area contributed by atoms with Crippen molar-refractivity contribution in [1.29, 1.82) is 0 Å². The lowest BCUT2D eigenvalue weighted by Crippen LogP contribution is -2.13. The standard InChI is InChI=1S/C16H15BrClNO2/c1-20-16-12(7-11(18)8-13(16)17)15(19)10-2-3-14-9(6-10)4-5-21-14/h2-3,6-8,15H,4-5,19H2,1H3. The van der Waals surface area contributed by atoms with Crippen molar-refractivity contribution >= 4 is 27.5 Å². The van der Waals surface area contributed by atoms with Crippen LogP contribution < -0.4 is 15.2 Å². The molecular formula is C16H15BrClNO2. The van der Waals surface area contributed by atoms with E-state index in [0.29, 0.717) is 10.8 Å². The summed E-state index contributed by atoms with van der Waals surface area (Å²) in [6.07, 6.45) is 0.923. The normalized spacial score (nSPS) is 14.5. The van der Waals surface area contributed by atoms with Crippen molar-refractivity contribution < 1.29 is 9.47 Å². The van der Waals surface area contributed by atoms with E-state index >= 15 is 0 Å². The summed E-state index contributed by atoms with van der Waals surface area (Å²) in [6.45, 7) is 0.736. The van der Waals surface area contributed by atoms with Crippen LogP contribution in [-0.4, -0.2) is 13.7 Å². The Bertz CT molecular complexity index is 690. The second-order valence-corrected chi connectivity index (χ2v) is 6.24. The zero-order valence-electron chi connectivity index (χ0n) is 11.5. The Hall–Kier alpha value is -1.23. The number of hydrogen-bond acceptors (Lipinski definition) is 3. The lowest BCUT2D eigenvalue weighted by molar-refractivity contribution is 0.357. The summed E-state index contributed by atoms with van der Waals surface area (Å²) in [7, 11) is 1.63. The Kier molecular flexibility index (Phi) is 4.11. The maximum atomic E-state index is 6.42. The number of rotatable bonds is 3. The maximum absolute atomic E-state index is 6.42. The molecule has 0 aliphatic carbocycles. The van der Waals surface area contributed by atoms with Crippen LogP contribution in [0.25, 0.3) is 0 Å². The molecule has 1 unspecified atom stereocenters. The Balaban J connectivity index is 2.04. The van der Waals surface area contributed by atoms with Crippen molar-refractivity contribution in [3.05, 3.63) is 56.5 Å². The van der Waals surface area contributed by atoms with Gasteiger partial charge in [0.2, 0.25) is 0 Å². The van der Waals surface area contributed by atoms with Crippen LogP contribution in [-0.2, 0) is 6.42 Å². The Labute approximate surface area is 137 Å². The topological polar surface area (TPSA) is 44.5 Å². The molecular weight excluding hydrogens is 354 g/mol. The molecule has 0 bridgehead atoms. The molecule has 2 aromatic carbocycles. The smallest absolute Gasteiger partial charge is 0.138 e. The fraction of sp³-hybridized carbons (Fsp3) is 0.250. The third-order valence-electron chi connectivity index (χ3n) is 3.65. The second kappa shape index (κ2) is 5.87. The maximum Gasteiger partial charge on any atom is 0.138 e. The zero-order valence-corrected chi connectivity index (χ0v) is 13.9. The molecule has 1 aliphatic rings. The van der Waals surface area contributed by atoms with Gasteiger partial charge in [0.25, 0.3) is 0 Å². The molecule has 0 fully saturated rings. The van der Waals surface area contributed by atoms with Crippen molar-refractivity contribution in [1.82, 2.24) is 0 Å². The Morgan fingerprint density at radius 3 is 2.90 bits per heavy atom. The van der Waals surface area contributed by atoms with Gasteiger partial charge >= 0.3 is 0 Å². The Morgan fingerprint density at radius 2 is 2.14 bits per heavy atom. The molecule has 1 aliphatic heterocycles. The molecule has 2 aromatic rings. The average Bonchev–Trinajstić information content (AvgIpc) is 2.93. The van der Waals surface area contributed by atoms with Gasteiger partial charge < -0.3 is 15.2 Å². The lowest BCUT2D eigenvalue weighted by atomic mass is 9.96. The van der Waals surface area contributed by atoms with Crippen molar-refractivity contribution in [2.24, 2.45) is 5.73 Å². The molecule has 1 heterocycles. The third kappa shape index (κ3) is 2.76. The first-order valence-electron chi connectivity index (χ1n) is 6.64. The van der Waals surface area contributed by atoms with Gasteiger partial charge in [-0.25, -0.2) is 0 Å². The highest BCUT2D eigenvalue weighted by Gasteiger charge is 2.20. The Morgan fingerprint density at radius 1 is 1.33 bits per heavy atom. The van der Waals surface area contributed by atoms with Crippen LogP contribution in [0.4, 0.5) is 0 Å². The molecule has 0 spiro atoms. The molecule has 3 rings (SSSR count). The number of ether oxygens (including phenoxy) is 2. The molecule has 0 aromatic heterocycles. The summed E-state index contributed by atoms with van der Waals surface area (Å²) < 4.78 is 11.8. The summed E-state index contributed by atoms with van der Waals surface area (Å²) in [5, 5.41) is 0.623. The van der Waals surface area contributed by atoms with E-state index in [2.05, 4.69) is 22.0 Å². The lowest BCUT2D eigenvalue weighted by Gasteiger charge is -2.18. The van der Waals surface area contributed by atoms with E-state index in [-0.39, 0.29) is 6.04 Å². The minimum Gasteiger partial charge on any atom is -0.495 e. The largest absolute Gasteiger partial charge is 0.495 e. The number of fused-ring (bicyclic) bond motifs is 1. The SMILES string of the molecule is COc1c(Br)cc(Cl)cc1C(N)c1ccc2c(c1)CCO2. The van der Waals surface area contributed by atoms with Gasteiger partial charge in [0, 0.05) is 17.0 Å². The molecule has 0 saturated heterocycles. The van der Waals surface area contributed by atoms with Gasteiger partial charge in [-0.3, -0.25) is 0 Å². The summed E-state index contributed by atoms with van der Waals surface area (Å²) in [4.78, 5) is 0. The molecule has 21 heavy (non-hydrogen) atoms. The van der Waals surface area contributed by atoms with E-state index in [9.17, 15) is 0 Å². The summed E-state index contributed by atoms with van der Waals surface area (Å²) in [5.74, 6) is 1.66. The van der Waals surface area contributed by atoms with Crippen LogP contribution in [0.5, 0.6) is 11.5 Å². The average molecular weight is 369 g/mol. The first-order chi connectivity index (χ1) is 10.1. The van der Waals surface area contributed by atoms with E-state index < -0.39 is 0 Å². The quantitative estimate of drug-likeness (QED) is 0.887. The van der Waals surface area contributed by atoms with E-state index in [1.807, 2.05) is 18.2 Å². The van der Waals surface area contributed by atoms with Crippen molar-refractivity contribution in [3.63, 3.8) is 0 Å². The number of hydrogen-bond donors (Lipinski definition) is 1. The fourth-order valence-corrected chi connectivity index (χ4v) is 3.60. The van der Waals surface area contributed by atoms with Gasteiger partial charge in [-0.2, -0.15) is 0 Å². The van der Waals surface area contributed by atoms with Gasteiger partial charge in [-0.15, -0.1) is 0 Å². The molecule has 0 amide bonds. The number of benzene rings is 2. The van der Waals surface area contributed by atoms with Gasteiger partial charge in [0.15, 0.2) is 0 Å². The van der Waals surface area contributed by atoms with Crippen LogP contribution in [0.2, 0.25) is 5.02 Å². The van der Waals surface area contributed by atoms with Crippen LogP contribution in [0.15, 0.2) is 34.8 Å². The number of nitrogens with two attached hydrogens (primary N) is 1. The highest BCUT2D eigenvalue weighted by molar-refractivity contribution is 9.10. The van der Waals surface area contributed by atoms with E-state index in [1.54, 1.807) is 13.2 Å². The van der Waals surface area contributed by atoms with Gasteiger partial charge in [-0.1, -0.05) is 23.7 Å². The second-order valence-electron chi connectivity index (χ2n) is 4.95. The van der Waals surface area contributed by atoms with Crippen LogP contribution >= 0.6 is 27.5 Å².